The van der Waals surface area contributed by atoms with Crippen molar-refractivity contribution in [1.82, 2.24) is 15.5 Å². The number of nitrogens with one attached hydrogen (secondary N) is 2. The van der Waals surface area contributed by atoms with Crippen molar-refractivity contribution in [3.8, 4) is 5.75 Å². The normalized spacial score (nSPS) is 16.1. The van der Waals surface area contributed by atoms with Gasteiger partial charge >= 0.3 is 0 Å². The number of rotatable bonds is 9. The van der Waals surface area contributed by atoms with Crippen LogP contribution in [-0.2, 0) is 11.2 Å². The van der Waals surface area contributed by atoms with Gasteiger partial charge in [0.2, 0.25) is 5.91 Å². The monoisotopic (exact) mass is 540 g/mol. The molecule has 2 aromatic rings. The van der Waals surface area contributed by atoms with E-state index < -0.39 is 0 Å². The highest BCUT2D eigenvalue weighted by molar-refractivity contribution is 14.0. The predicted molar refractivity (Wildman–Crippen MR) is 132 cm³/mol. The second kappa shape index (κ2) is 13.1. The van der Waals surface area contributed by atoms with Crippen LogP contribution >= 0.6 is 24.0 Å². The molecule has 1 aliphatic rings. The lowest BCUT2D eigenvalue weighted by molar-refractivity contribution is -0.127. The molecule has 168 valence electrons. The van der Waals surface area contributed by atoms with Crippen LogP contribution in [0.5, 0.6) is 5.75 Å². The summed E-state index contributed by atoms with van der Waals surface area (Å²) >= 11 is 0. The molecule has 1 aliphatic heterocycles. The molecule has 1 atom stereocenters. The fraction of sp³-hybridized carbons (Fsp3) is 0.391. The molecule has 6 nitrogen and oxygen atoms in total. The largest absolute Gasteiger partial charge is 0.492 e. The van der Waals surface area contributed by atoms with E-state index in [0.717, 1.165) is 19.5 Å². The summed E-state index contributed by atoms with van der Waals surface area (Å²) < 4.78 is 18.7. The minimum Gasteiger partial charge on any atom is -0.492 e. The Labute approximate surface area is 200 Å². The highest BCUT2D eigenvalue weighted by Gasteiger charge is 2.29. The second-order valence-electron chi connectivity index (χ2n) is 7.33. The van der Waals surface area contributed by atoms with Gasteiger partial charge in [0, 0.05) is 45.1 Å². The standard InChI is InChI=1S/C23H29FN4O2.HI/c1-25-23(26-11-13-30-21-9-5-8-20(24)15-21)27-16-19-14-22(29)28(17-19)12-10-18-6-3-2-4-7-18;/h2-9,15,19H,10-14,16-17H2,1H3,(H2,25,26,27);1H. The molecular formula is C23H30FIN4O2. The first kappa shape index (κ1) is 24.9. The first-order chi connectivity index (χ1) is 14.6. The maximum absolute atomic E-state index is 13.1. The highest BCUT2D eigenvalue weighted by Crippen LogP contribution is 2.17. The van der Waals surface area contributed by atoms with Crippen molar-refractivity contribution < 1.29 is 13.9 Å². The summed E-state index contributed by atoms with van der Waals surface area (Å²) in [4.78, 5) is 18.4. The quantitative estimate of drug-likeness (QED) is 0.222. The van der Waals surface area contributed by atoms with E-state index in [1.165, 1.54) is 17.7 Å². The average molecular weight is 540 g/mol. The molecule has 1 saturated heterocycles. The number of aliphatic imine (C=N–C) groups is 1. The van der Waals surface area contributed by atoms with Crippen LogP contribution in [0.4, 0.5) is 4.39 Å². The first-order valence-corrected chi connectivity index (χ1v) is 10.3. The van der Waals surface area contributed by atoms with Gasteiger partial charge in [-0.2, -0.15) is 0 Å². The maximum Gasteiger partial charge on any atom is 0.223 e. The zero-order chi connectivity index (χ0) is 21.2. The summed E-state index contributed by atoms with van der Waals surface area (Å²) in [6.45, 7) is 3.11. The van der Waals surface area contributed by atoms with Crippen molar-refractivity contribution in [2.75, 3.05) is 39.8 Å². The lowest BCUT2D eigenvalue weighted by Gasteiger charge is -2.18. The number of carbonyl (C=O) groups is 1. The number of nitrogens with zero attached hydrogens (tertiary/aromatic N) is 2. The second-order valence-corrected chi connectivity index (χ2v) is 7.33. The topological polar surface area (TPSA) is 66.0 Å². The Kier molecular flexibility index (Phi) is 10.6. The molecule has 0 radical (unpaired) electrons. The van der Waals surface area contributed by atoms with Crippen LogP contribution in [0.25, 0.3) is 0 Å². The van der Waals surface area contributed by atoms with E-state index in [0.29, 0.717) is 37.8 Å². The minimum atomic E-state index is -0.318. The number of carbonyl (C=O) groups excluding carboxylic acids is 1. The summed E-state index contributed by atoms with van der Waals surface area (Å²) in [7, 11) is 1.70. The molecule has 0 aliphatic carbocycles. The predicted octanol–water partition coefficient (Wildman–Crippen LogP) is 3.08. The lowest BCUT2D eigenvalue weighted by Crippen LogP contribution is -2.41. The molecular weight excluding hydrogens is 510 g/mol. The Morgan fingerprint density at radius 2 is 2.00 bits per heavy atom. The smallest absolute Gasteiger partial charge is 0.223 e. The van der Waals surface area contributed by atoms with E-state index in [-0.39, 0.29) is 41.6 Å². The minimum absolute atomic E-state index is 0. The summed E-state index contributed by atoms with van der Waals surface area (Å²) in [6, 6.07) is 16.3. The maximum atomic E-state index is 13.1. The Hall–Kier alpha value is -2.36. The SMILES string of the molecule is CN=C(NCCOc1cccc(F)c1)NCC1CC(=O)N(CCc2ccccc2)C1.I. The molecule has 1 heterocycles. The molecule has 0 saturated carbocycles. The molecule has 1 fully saturated rings. The highest BCUT2D eigenvalue weighted by atomic mass is 127. The van der Waals surface area contributed by atoms with Crippen molar-refractivity contribution in [3.05, 3.63) is 66.0 Å². The van der Waals surface area contributed by atoms with E-state index >= 15 is 0 Å². The third-order valence-electron chi connectivity index (χ3n) is 5.05. The van der Waals surface area contributed by atoms with E-state index in [2.05, 4.69) is 27.8 Å². The van der Waals surface area contributed by atoms with E-state index in [1.54, 1.807) is 19.2 Å². The van der Waals surface area contributed by atoms with E-state index in [4.69, 9.17) is 4.74 Å². The van der Waals surface area contributed by atoms with Crippen molar-refractivity contribution in [2.24, 2.45) is 10.9 Å². The molecule has 0 aromatic heterocycles. The molecule has 2 N–H and O–H groups in total. The van der Waals surface area contributed by atoms with Gasteiger partial charge in [-0.1, -0.05) is 36.4 Å². The average Bonchev–Trinajstić information content (AvgIpc) is 3.12. The van der Waals surface area contributed by atoms with Gasteiger partial charge in [-0.05, 0) is 24.1 Å². The molecule has 1 unspecified atom stereocenters. The van der Waals surface area contributed by atoms with Crippen molar-refractivity contribution >= 4 is 35.8 Å². The van der Waals surface area contributed by atoms with Gasteiger partial charge in [0.25, 0.3) is 0 Å². The number of amides is 1. The Morgan fingerprint density at radius 1 is 1.19 bits per heavy atom. The van der Waals surface area contributed by atoms with Crippen molar-refractivity contribution in [2.45, 2.75) is 12.8 Å². The van der Waals surface area contributed by atoms with E-state index in [1.807, 2.05) is 23.1 Å². The molecule has 1 amide bonds. The van der Waals surface area contributed by atoms with Gasteiger partial charge in [-0.25, -0.2) is 4.39 Å². The molecule has 3 rings (SSSR count). The van der Waals surface area contributed by atoms with Crippen LogP contribution in [-0.4, -0.2) is 56.6 Å². The molecule has 0 bridgehead atoms. The van der Waals surface area contributed by atoms with Gasteiger partial charge in [0.15, 0.2) is 5.96 Å². The Balaban J connectivity index is 0.00000341. The van der Waals surface area contributed by atoms with Crippen LogP contribution < -0.4 is 15.4 Å². The van der Waals surface area contributed by atoms with Crippen LogP contribution in [0, 0.1) is 11.7 Å². The zero-order valence-corrected chi connectivity index (χ0v) is 20.1. The molecule has 2 aromatic carbocycles. The van der Waals surface area contributed by atoms with Gasteiger partial charge < -0.3 is 20.3 Å². The number of benzene rings is 2. The third kappa shape index (κ3) is 8.35. The molecule has 31 heavy (non-hydrogen) atoms. The summed E-state index contributed by atoms with van der Waals surface area (Å²) in [5, 5.41) is 6.45. The van der Waals surface area contributed by atoms with Gasteiger partial charge in [0.1, 0.15) is 18.2 Å². The van der Waals surface area contributed by atoms with Crippen LogP contribution in [0.15, 0.2) is 59.6 Å². The summed E-state index contributed by atoms with van der Waals surface area (Å²) in [5.41, 5.74) is 1.25. The number of hydrogen-bond donors (Lipinski definition) is 2. The third-order valence-corrected chi connectivity index (χ3v) is 5.05. The summed E-state index contributed by atoms with van der Waals surface area (Å²) in [6.07, 6.45) is 1.43. The fourth-order valence-electron chi connectivity index (χ4n) is 3.47. The number of halogens is 2. The van der Waals surface area contributed by atoms with E-state index in [9.17, 15) is 9.18 Å². The van der Waals surface area contributed by atoms with Crippen LogP contribution in [0.1, 0.15) is 12.0 Å². The number of likely N-dealkylation sites (tertiary alicyclic amines) is 1. The molecule has 8 heteroatoms. The molecule has 0 spiro atoms. The lowest BCUT2D eigenvalue weighted by atomic mass is 10.1. The fourth-order valence-corrected chi connectivity index (χ4v) is 3.47. The number of guanidine groups is 1. The first-order valence-electron chi connectivity index (χ1n) is 10.3. The van der Waals surface area contributed by atoms with Crippen molar-refractivity contribution in [3.63, 3.8) is 0 Å². The van der Waals surface area contributed by atoms with Gasteiger partial charge in [-0.15, -0.1) is 24.0 Å². The van der Waals surface area contributed by atoms with Gasteiger partial charge in [-0.3, -0.25) is 9.79 Å². The Morgan fingerprint density at radius 3 is 2.74 bits per heavy atom. The number of hydrogen-bond acceptors (Lipinski definition) is 3. The number of ether oxygens (including phenoxy) is 1. The van der Waals surface area contributed by atoms with Crippen LogP contribution in [0.2, 0.25) is 0 Å². The van der Waals surface area contributed by atoms with Gasteiger partial charge in [0.05, 0.1) is 6.54 Å². The van der Waals surface area contributed by atoms with Crippen LogP contribution in [0.3, 0.4) is 0 Å². The summed E-state index contributed by atoms with van der Waals surface area (Å²) in [5.74, 6) is 1.31. The zero-order valence-electron chi connectivity index (χ0n) is 17.7. The Bertz CT molecular complexity index is 850. The van der Waals surface area contributed by atoms with Crippen molar-refractivity contribution in [1.29, 1.82) is 0 Å².